The van der Waals surface area contributed by atoms with Gasteiger partial charge in [0.15, 0.2) is 0 Å². The fraction of sp³-hybridized carbons (Fsp3) is 0.636. The van der Waals surface area contributed by atoms with Gasteiger partial charge in [-0.25, -0.2) is 4.31 Å². The predicted molar refractivity (Wildman–Crippen MR) is 179 cm³/mol. The summed E-state index contributed by atoms with van der Waals surface area (Å²) in [6.45, 7) is 24.9. The molecule has 0 aliphatic heterocycles. The van der Waals surface area contributed by atoms with Crippen LogP contribution in [-0.2, 0) is 26.0 Å². The van der Waals surface area contributed by atoms with Crippen LogP contribution in [0.2, 0.25) is 0 Å². The zero-order valence-corrected chi connectivity index (χ0v) is 30.3. The molecule has 2 aromatic rings. The van der Waals surface area contributed by atoms with Crippen LogP contribution >= 0.6 is 17.2 Å². The monoisotopic (exact) mass is 658 g/mol. The van der Waals surface area contributed by atoms with E-state index in [2.05, 4.69) is 118 Å². The molecule has 0 spiro atoms. The van der Waals surface area contributed by atoms with Gasteiger partial charge >= 0.3 is 17.2 Å². The Morgan fingerprint density at radius 2 is 0.955 bits per heavy atom. The van der Waals surface area contributed by atoms with Crippen LogP contribution in [0.5, 0.6) is 5.75 Å². The van der Waals surface area contributed by atoms with E-state index in [0.717, 1.165) is 16.7 Å². The molecule has 0 aromatic heterocycles. The van der Waals surface area contributed by atoms with Crippen molar-refractivity contribution in [3.63, 3.8) is 0 Å². The highest BCUT2D eigenvalue weighted by molar-refractivity contribution is 7.53. The van der Waals surface area contributed by atoms with Crippen molar-refractivity contribution < 1.29 is 43.9 Å². The third-order valence-corrected chi connectivity index (χ3v) is 8.72. The van der Waals surface area contributed by atoms with Gasteiger partial charge in [-0.15, -0.1) is 0 Å². The van der Waals surface area contributed by atoms with Crippen LogP contribution in [0.15, 0.2) is 36.4 Å². The zero-order valence-electron chi connectivity index (χ0n) is 28.5. The summed E-state index contributed by atoms with van der Waals surface area (Å²) in [5, 5.41) is 31.6. The lowest BCUT2D eigenvalue weighted by Crippen LogP contribution is -2.43. The van der Waals surface area contributed by atoms with Gasteiger partial charge in [0.1, 0.15) is 11.9 Å². The van der Waals surface area contributed by atoms with E-state index in [1.54, 1.807) is 0 Å². The molecule has 9 nitrogen and oxygen atoms in total. The molecule has 2 aromatic carbocycles. The highest BCUT2D eigenvalue weighted by Crippen LogP contribution is 2.46. The van der Waals surface area contributed by atoms with E-state index in [9.17, 15) is 15.3 Å². The predicted octanol–water partition coefficient (Wildman–Crippen LogP) is 6.39. The van der Waals surface area contributed by atoms with Crippen LogP contribution in [0.1, 0.15) is 117 Å². The highest BCUT2D eigenvalue weighted by Gasteiger charge is 2.43. The molecule has 0 amide bonds. The van der Waals surface area contributed by atoms with Crippen molar-refractivity contribution in [1.29, 1.82) is 0 Å². The number of aliphatic hydroxyl groups is 3. The first-order chi connectivity index (χ1) is 19.8. The number of benzene rings is 2. The minimum absolute atomic E-state index is 0.0226. The molecule has 0 radical (unpaired) electrons. The first kappa shape index (κ1) is 40.8. The summed E-state index contributed by atoms with van der Waals surface area (Å²) in [5.74, 6) is 0.699. The van der Waals surface area contributed by atoms with Gasteiger partial charge in [0.05, 0.1) is 25.2 Å². The summed E-state index contributed by atoms with van der Waals surface area (Å²) in [6.07, 6.45) is -0.766. The molecule has 0 saturated heterocycles. The Labute approximate surface area is 266 Å². The number of aliphatic hydroxyl groups excluding tert-OH is 3. The zero-order chi connectivity index (χ0) is 34.5. The first-order valence-electron chi connectivity index (χ1n) is 14.7. The molecular formula is C33H56O9P2. The smallest absolute Gasteiger partial charge is 0.334 e. The summed E-state index contributed by atoms with van der Waals surface area (Å²) >= 11 is 0. The number of hydrogen-bond acceptors (Lipinski definition) is 9. The van der Waals surface area contributed by atoms with E-state index < -0.39 is 48.5 Å². The Kier molecular flexibility index (Phi) is 14.4. The second-order valence-electron chi connectivity index (χ2n) is 15.4. The molecule has 0 aliphatic carbocycles. The Balaban J connectivity index is 0.00000123. The molecule has 0 aliphatic rings. The Bertz CT molecular complexity index is 1170. The minimum atomic E-state index is -2.61. The van der Waals surface area contributed by atoms with Crippen LogP contribution in [0.25, 0.3) is 0 Å². The molecule has 252 valence electrons. The van der Waals surface area contributed by atoms with Crippen molar-refractivity contribution >= 4 is 17.2 Å². The molecule has 7 N–H and O–H groups in total. The quantitative estimate of drug-likeness (QED) is 0.152. The summed E-state index contributed by atoms with van der Waals surface area (Å²) in [5.41, 5.74) is 3.64. The molecule has 0 fully saturated rings. The van der Waals surface area contributed by atoms with Gasteiger partial charge in [-0.05, 0) is 55.5 Å². The van der Waals surface area contributed by atoms with E-state index in [0.29, 0.717) is 5.75 Å². The number of hydrogen-bond donors (Lipinski definition) is 7. The highest BCUT2D eigenvalue weighted by atomic mass is 31.2. The van der Waals surface area contributed by atoms with Gasteiger partial charge in [-0.2, -0.15) is 0 Å². The third kappa shape index (κ3) is 11.2. The number of rotatable bonds is 9. The van der Waals surface area contributed by atoms with Gasteiger partial charge in [0, 0.05) is 0 Å². The molecule has 44 heavy (non-hydrogen) atoms. The second-order valence-corrected chi connectivity index (χ2v) is 17.1. The fourth-order valence-corrected chi connectivity index (χ4v) is 5.22. The molecule has 0 saturated carbocycles. The lowest BCUT2D eigenvalue weighted by Gasteiger charge is -2.40. The standard InChI is InChI=1S/C33H52O4.H4O5P2/c1-29(2,3)22-13-15-24(25(17-22)31(7,8)9)28(33(19-34,20-35)21-36)37-27-16-14-23(30(4,5)6)18-26(27)32(10,11)12;1-6(2)5-7(3)4/h13-18,28,34-36H,19-21H2,1-12H3;1-4H. The van der Waals surface area contributed by atoms with E-state index in [1.807, 2.05) is 6.07 Å². The van der Waals surface area contributed by atoms with E-state index >= 15 is 0 Å². The molecule has 1 unspecified atom stereocenters. The second kappa shape index (κ2) is 15.6. The van der Waals surface area contributed by atoms with Gasteiger partial charge in [0.25, 0.3) is 0 Å². The number of ether oxygens (including phenoxy) is 1. The normalized spacial score (nSPS) is 14.0. The summed E-state index contributed by atoms with van der Waals surface area (Å²) in [6, 6.07) is 12.7. The van der Waals surface area contributed by atoms with Gasteiger partial charge < -0.3 is 39.6 Å². The maximum absolute atomic E-state index is 10.5. The molecule has 1 atom stereocenters. The van der Waals surface area contributed by atoms with Crippen molar-refractivity contribution in [2.24, 2.45) is 5.41 Å². The molecule has 11 heteroatoms. The summed E-state index contributed by atoms with van der Waals surface area (Å²) in [4.78, 5) is 31.3. The van der Waals surface area contributed by atoms with E-state index in [-0.39, 0.29) is 21.7 Å². The molecule has 2 rings (SSSR count). The van der Waals surface area contributed by atoms with Crippen LogP contribution in [0, 0.1) is 5.41 Å². The molecular weight excluding hydrogens is 602 g/mol. The summed E-state index contributed by atoms with van der Waals surface area (Å²) in [7, 11) is -5.22. The average molecular weight is 659 g/mol. The Morgan fingerprint density at radius 3 is 1.27 bits per heavy atom. The van der Waals surface area contributed by atoms with Crippen LogP contribution in [0.4, 0.5) is 0 Å². The lowest BCUT2D eigenvalue weighted by atomic mass is 9.72. The fourth-order valence-electron chi connectivity index (χ4n) is 4.70. The van der Waals surface area contributed by atoms with E-state index in [4.69, 9.17) is 24.3 Å². The lowest BCUT2D eigenvalue weighted by molar-refractivity contribution is -0.0752. The minimum Gasteiger partial charge on any atom is -0.485 e. The van der Waals surface area contributed by atoms with Crippen molar-refractivity contribution in [3.05, 3.63) is 64.2 Å². The first-order valence-corrected chi connectivity index (χ1v) is 17.0. The molecule has 0 heterocycles. The van der Waals surface area contributed by atoms with Crippen LogP contribution in [0.3, 0.4) is 0 Å². The maximum Gasteiger partial charge on any atom is 0.334 e. The Hall–Kier alpha value is -1.22. The maximum atomic E-state index is 10.5. The van der Waals surface area contributed by atoms with Gasteiger partial charge in [-0.3, -0.25) is 0 Å². The topological polar surface area (TPSA) is 160 Å². The largest absolute Gasteiger partial charge is 0.485 e. The van der Waals surface area contributed by atoms with E-state index in [1.165, 1.54) is 11.1 Å². The van der Waals surface area contributed by atoms with Crippen molar-refractivity contribution in [1.82, 2.24) is 0 Å². The third-order valence-electron chi connectivity index (χ3n) is 7.56. The Morgan fingerprint density at radius 1 is 0.568 bits per heavy atom. The summed E-state index contributed by atoms with van der Waals surface area (Å²) < 4.78 is 10.4. The van der Waals surface area contributed by atoms with Crippen molar-refractivity contribution in [2.75, 3.05) is 19.8 Å². The van der Waals surface area contributed by atoms with Crippen LogP contribution in [-0.4, -0.2) is 54.7 Å². The molecule has 0 bridgehead atoms. The van der Waals surface area contributed by atoms with Crippen molar-refractivity contribution in [2.45, 2.75) is 111 Å². The van der Waals surface area contributed by atoms with Gasteiger partial charge in [0.2, 0.25) is 0 Å². The average Bonchev–Trinajstić information content (AvgIpc) is 2.86. The van der Waals surface area contributed by atoms with Crippen molar-refractivity contribution in [3.8, 4) is 5.75 Å². The SMILES string of the molecule is CC(C)(C)c1ccc(OC(c2ccc(C(C)(C)C)cc2C(C)(C)C)C(CO)(CO)CO)c(C(C)(C)C)c1.OP(O)OP(O)O. The van der Waals surface area contributed by atoms with Gasteiger partial charge in [-0.1, -0.05) is 113 Å². The van der Waals surface area contributed by atoms with Crippen LogP contribution < -0.4 is 4.74 Å².